The lowest BCUT2D eigenvalue weighted by molar-refractivity contribution is -0.150. The van der Waals surface area contributed by atoms with Crippen molar-refractivity contribution in [2.24, 2.45) is 11.8 Å². The Morgan fingerprint density at radius 1 is 1.19 bits per heavy atom. The van der Waals surface area contributed by atoms with Crippen LogP contribution in [0, 0.1) is 11.8 Å². The van der Waals surface area contributed by atoms with Crippen molar-refractivity contribution in [3.05, 3.63) is 23.9 Å². The molecule has 2 saturated heterocycles. The van der Waals surface area contributed by atoms with Gasteiger partial charge in [0, 0.05) is 38.0 Å². The Morgan fingerprint density at radius 3 is 2.70 bits per heavy atom. The minimum Gasteiger partial charge on any atom is -0.375 e. The molecular weight excluding hydrogens is 342 g/mol. The van der Waals surface area contributed by atoms with E-state index in [9.17, 15) is 4.79 Å². The van der Waals surface area contributed by atoms with Gasteiger partial charge in [-0.1, -0.05) is 17.3 Å². The fourth-order valence-corrected chi connectivity index (χ4v) is 4.97. The first-order valence-electron chi connectivity index (χ1n) is 10.6. The second-order valence-corrected chi connectivity index (χ2v) is 8.88. The van der Waals surface area contributed by atoms with Gasteiger partial charge < -0.3 is 14.2 Å². The van der Waals surface area contributed by atoms with Gasteiger partial charge in [0.15, 0.2) is 5.82 Å². The van der Waals surface area contributed by atoms with Crippen LogP contribution in [0.15, 0.2) is 16.7 Å². The number of allylic oxidation sites excluding steroid dienone is 2. The molecule has 1 aromatic rings. The van der Waals surface area contributed by atoms with Crippen molar-refractivity contribution >= 4 is 5.91 Å². The number of ether oxygens (including phenoxy) is 1. The Kier molecular flexibility index (Phi) is 4.54. The third-order valence-electron chi connectivity index (χ3n) is 6.82. The summed E-state index contributed by atoms with van der Waals surface area (Å²) in [6.45, 7) is 2.46. The third-order valence-corrected chi connectivity index (χ3v) is 6.82. The van der Waals surface area contributed by atoms with Crippen LogP contribution in [-0.2, 0) is 16.0 Å². The van der Waals surface area contributed by atoms with E-state index in [2.05, 4.69) is 27.2 Å². The van der Waals surface area contributed by atoms with Gasteiger partial charge in [-0.25, -0.2) is 0 Å². The van der Waals surface area contributed by atoms with Crippen LogP contribution in [0.25, 0.3) is 0 Å². The van der Waals surface area contributed by atoms with Crippen LogP contribution in [0.1, 0.15) is 69.0 Å². The highest BCUT2D eigenvalue weighted by Crippen LogP contribution is 2.41. The summed E-state index contributed by atoms with van der Waals surface area (Å²) in [5, 5.41) is 4.20. The minimum absolute atomic E-state index is 0.0588. The number of carbonyl (C=O) groups is 1. The predicted octanol–water partition coefficient (Wildman–Crippen LogP) is 3.24. The SMILES string of the molecule is O=C(C1CC=CC1)N1CCC2(CC1)CC(Cc1noc(C3CC3)n1)CCO2. The number of hydrogen-bond acceptors (Lipinski definition) is 5. The number of hydrogen-bond donors (Lipinski definition) is 0. The molecule has 5 rings (SSSR count). The molecule has 27 heavy (non-hydrogen) atoms. The highest BCUT2D eigenvalue weighted by molar-refractivity contribution is 5.79. The summed E-state index contributed by atoms with van der Waals surface area (Å²) < 4.78 is 11.7. The van der Waals surface area contributed by atoms with Crippen molar-refractivity contribution in [1.29, 1.82) is 0 Å². The third kappa shape index (κ3) is 3.68. The van der Waals surface area contributed by atoms with Crippen LogP contribution in [0.4, 0.5) is 0 Å². The summed E-state index contributed by atoms with van der Waals surface area (Å²) in [6, 6.07) is 0. The van der Waals surface area contributed by atoms with Gasteiger partial charge in [-0.2, -0.15) is 4.98 Å². The normalized spacial score (nSPS) is 28.1. The molecule has 1 aromatic heterocycles. The van der Waals surface area contributed by atoms with Crippen LogP contribution < -0.4 is 0 Å². The van der Waals surface area contributed by atoms with Crippen LogP contribution in [0.3, 0.4) is 0 Å². The topological polar surface area (TPSA) is 68.5 Å². The number of piperidine rings is 1. The zero-order valence-corrected chi connectivity index (χ0v) is 15.9. The number of amides is 1. The summed E-state index contributed by atoms with van der Waals surface area (Å²) in [6.07, 6.45) is 13.4. The molecule has 3 heterocycles. The summed E-state index contributed by atoms with van der Waals surface area (Å²) in [4.78, 5) is 19.3. The van der Waals surface area contributed by atoms with Gasteiger partial charge in [0.05, 0.1) is 5.60 Å². The zero-order valence-electron chi connectivity index (χ0n) is 15.9. The Labute approximate surface area is 160 Å². The average molecular weight is 371 g/mol. The van der Waals surface area contributed by atoms with E-state index in [0.717, 1.165) is 76.4 Å². The van der Waals surface area contributed by atoms with Crippen LogP contribution >= 0.6 is 0 Å². The van der Waals surface area contributed by atoms with E-state index in [-0.39, 0.29) is 11.5 Å². The molecule has 1 spiro atoms. The fourth-order valence-electron chi connectivity index (χ4n) is 4.97. The lowest BCUT2D eigenvalue weighted by Crippen LogP contribution is -2.51. The summed E-state index contributed by atoms with van der Waals surface area (Å²) >= 11 is 0. The molecule has 146 valence electrons. The standard InChI is InChI=1S/C21H29N3O3/c25-20(17-3-1-2-4-17)24-10-8-21(9-11-24)14-15(7-12-26-21)13-18-22-19(27-23-18)16-5-6-16/h1-2,15-17H,3-14H2. The van der Waals surface area contributed by atoms with Crippen molar-refractivity contribution in [3.63, 3.8) is 0 Å². The van der Waals surface area contributed by atoms with E-state index in [0.29, 0.717) is 17.7 Å². The number of rotatable bonds is 4. The van der Waals surface area contributed by atoms with Crippen molar-refractivity contribution in [2.75, 3.05) is 19.7 Å². The van der Waals surface area contributed by atoms with Crippen molar-refractivity contribution in [1.82, 2.24) is 15.0 Å². The highest BCUT2D eigenvalue weighted by atomic mass is 16.5. The van der Waals surface area contributed by atoms with E-state index in [1.54, 1.807) is 0 Å². The maximum Gasteiger partial charge on any atom is 0.229 e. The molecule has 1 saturated carbocycles. The van der Waals surface area contributed by atoms with Gasteiger partial charge in [0.2, 0.25) is 11.8 Å². The second kappa shape index (κ2) is 7.04. The maximum atomic E-state index is 12.7. The second-order valence-electron chi connectivity index (χ2n) is 8.88. The molecule has 2 aliphatic heterocycles. The lowest BCUT2D eigenvalue weighted by Gasteiger charge is -2.46. The van der Waals surface area contributed by atoms with E-state index >= 15 is 0 Å². The van der Waals surface area contributed by atoms with Crippen LogP contribution in [0.5, 0.6) is 0 Å². The first-order chi connectivity index (χ1) is 13.2. The summed E-state index contributed by atoms with van der Waals surface area (Å²) in [7, 11) is 0. The summed E-state index contributed by atoms with van der Waals surface area (Å²) in [5.41, 5.74) is -0.0588. The van der Waals surface area contributed by atoms with Crippen molar-refractivity contribution in [2.45, 2.75) is 69.3 Å². The molecule has 0 N–H and O–H groups in total. The smallest absolute Gasteiger partial charge is 0.229 e. The molecule has 1 amide bonds. The fraction of sp³-hybridized carbons (Fsp3) is 0.762. The molecular formula is C21H29N3O3. The van der Waals surface area contributed by atoms with Gasteiger partial charge in [-0.05, 0) is 57.3 Å². The predicted molar refractivity (Wildman–Crippen MR) is 99.1 cm³/mol. The van der Waals surface area contributed by atoms with E-state index in [1.165, 1.54) is 12.8 Å². The van der Waals surface area contributed by atoms with E-state index in [4.69, 9.17) is 9.26 Å². The summed E-state index contributed by atoms with van der Waals surface area (Å²) in [5.74, 6) is 3.27. The van der Waals surface area contributed by atoms with Gasteiger partial charge in [-0.15, -0.1) is 0 Å². The largest absolute Gasteiger partial charge is 0.375 e. The molecule has 6 nitrogen and oxygen atoms in total. The first kappa shape index (κ1) is 17.4. The molecule has 1 unspecified atom stereocenters. The zero-order chi connectivity index (χ0) is 18.3. The molecule has 6 heteroatoms. The van der Waals surface area contributed by atoms with Crippen molar-refractivity contribution < 1.29 is 14.1 Å². The average Bonchev–Trinajstić information content (AvgIpc) is 3.18. The molecule has 0 radical (unpaired) electrons. The Hall–Kier alpha value is -1.69. The number of nitrogens with zero attached hydrogens (tertiary/aromatic N) is 3. The Bertz CT molecular complexity index is 708. The molecule has 1 atom stereocenters. The Morgan fingerprint density at radius 2 is 1.96 bits per heavy atom. The van der Waals surface area contributed by atoms with E-state index < -0.39 is 0 Å². The van der Waals surface area contributed by atoms with Crippen LogP contribution in [0.2, 0.25) is 0 Å². The van der Waals surface area contributed by atoms with Gasteiger partial charge in [0.25, 0.3) is 0 Å². The van der Waals surface area contributed by atoms with Gasteiger partial charge in [-0.3, -0.25) is 4.79 Å². The molecule has 4 aliphatic rings. The van der Waals surface area contributed by atoms with Gasteiger partial charge in [0.1, 0.15) is 0 Å². The maximum absolute atomic E-state index is 12.7. The Balaban J connectivity index is 1.16. The van der Waals surface area contributed by atoms with Gasteiger partial charge >= 0.3 is 0 Å². The molecule has 0 aromatic carbocycles. The monoisotopic (exact) mass is 371 g/mol. The quantitative estimate of drug-likeness (QED) is 0.760. The van der Waals surface area contributed by atoms with Crippen LogP contribution in [-0.4, -0.2) is 46.2 Å². The molecule has 2 aliphatic carbocycles. The van der Waals surface area contributed by atoms with Crippen molar-refractivity contribution in [3.8, 4) is 0 Å². The number of likely N-dealkylation sites (tertiary alicyclic amines) is 1. The highest BCUT2D eigenvalue weighted by Gasteiger charge is 2.42. The molecule has 3 fully saturated rings. The number of aromatic nitrogens is 2. The number of carbonyl (C=O) groups excluding carboxylic acids is 1. The molecule has 0 bridgehead atoms. The minimum atomic E-state index is -0.0588. The van der Waals surface area contributed by atoms with E-state index in [1.807, 2.05) is 0 Å². The first-order valence-corrected chi connectivity index (χ1v) is 10.6. The lowest BCUT2D eigenvalue weighted by atomic mass is 9.78.